The van der Waals surface area contributed by atoms with E-state index >= 15 is 0 Å². The molecule has 1 N–H and O–H groups in total. The summed E-state index contributed by atoms with van der Waals surface area (Å²) in [7, 11) is 0. The van der Waals surface area contributed by atoms with Gasteiger partial charge in [-0.05, 0) is 42.5 Å². The minimum Gasteiger partial charge on any atom is -0.482 e. The number of nitro benzene ring substituents is 1. The van der Waals surface area contributed by atoms with Crippen LogP contribution in [0.3, 0.4) is 0 Å². The van der Waals surface area contributed by atoms with Gasteiger partial charge in [0.1, 0.15) is 5.75 Å². The summed E-state index contributed by atoms with van der Waals surface area (Å²) in [5, 5.41) is 15.4. The van der Waals surface area contributed by atoms with E-state index in [1.54, 1.807) is 47.2 Å². The van der Waals surface area contributed by atoms with Gasteiger partial charge in [0.15, 0.2) is 6.61 Å². The molecule has 29 heavy (non-hydrogen) atoms. The summed E-state index contributed by atoms with van der Waals surface area (Å²) in [5.41, 5.74) is 3.75. The number of hydrazone groups is 1. The normalized spacial score (nSPS) is 10.8. The summed E-state index contributed by atoms with van der Waals surface area (Å²) in [6, 6.07) is 14.3. The molecule has 1 aromatic heterocycles. The molecule has 0 aliphatic heterocycles. The molecule has 2 aromatic carbocycles. The Morgan fingerprint density at radius 1 is 1.21 bits per heavy atom. The van der Waals surface area contributed by atoms with Crippen molar-refractivity contribution < 1.29 is 14.5 Å². The Balaban J connectivity index is 1.59. The summed E-state index contributed by atoms with van der Waals surface area (Å²) in [6.45, 7) is -0.276. The number of rotatable bonds is 7. The van der Waals surface area contributed by atoms with Gasteiger partial charge in [-0.25, -0.2) is 5.43 Å². The molecule has 0 aliphatic carbocycles. The molecule has 0 spiro atoms. The predicted molar refractivity (Wildman–Crippen MR) is 110 cm³/mol. The lowest BCUT2D eigenvalue weighted by molar-refractivity contribution is -0.384. The van der Waals surface area contributed by atoms with Crippen molar-refractivity contribution in [1.29, 1.82) is 0 Å². The number of hydrogen-bond donors (Lipinski definition) is 1. The highest BCUT2D eigenvalue weighted by atomic mass is 35.5. The van der Waals surface area contributed by atoms with Crippen LogP contribution < -0.4 is 10.2 Å². The van der Waals surface area contributed by atoms with Gasteiger partial charge in [0, 0.05) is 29.0 Å². The third kappa shape index (κ3) is 5.34. The van der Waals surface area contributed by atoms with Crippen LogP contribution in [0.15, 0.2) is 65.9 Å². The molecule has 3 aromatic rings. The third-order valence-electron chi connectivity index (χ3n) is 3.76. The SMILES string of the molecule is O=C(COc1ccc(Cl)cc1Cl)N/N=C/c1cccn1-c1ccc([N+](=O)[O-])cc1. The van der Waals surface area contributed by atoms with Crippen LogP contribution in [0, 0.1) is 10.1 Å². The van der Waals surface area contributed by atoms with Crippen LogP contribution in [0.2, 0.25) is 10.0 Å². The first-order chi connectivity index (χ1) is 13.9. The Labute approximate surface area is 175 Å². The highest BCUT2D eigenvalue weighted by molar-refractivity contribution is 6.35. The van der Waals surface area contributed by atoms with Crippen LogP contribution in [0.5, 0.6) is 5.75 Å². The second-order valence-electron chi connectivity index (χ2n) is 5.73. The minimum absolute atomic E-state index is 0.00387. The lowest BCUT2D eigenvalue weighted by Gasteiger charge is -2.07. The molecule has 0 fully saturated rings. The zero-order valence-electron chi connectivity index (χ0n) is 14.8. The summed E-state index contributed by atoms with van der Waals surface area (Å²) >= 11 is 11.8. The fraction of sp³-hybridized carbons (Fsp3) is 0.0526. The van der Waals surface area contributed by atoms with E-state index in [2.05, 4.69) is 10.5 Å². The molecule has 0 radical (unpaired) electrons. The molecule has 0 saturated heterocycles. The van der Waals surface area contributed by atoms with Crippen molar-refractivity contribution in [1.82, 2.24) is 9.99 Å². The highest BCUT2D eigenvalue weighted by Crippen LogP contribution is 2.27. The molecular formula is C19H14Cl2N4O4. The first kappa shape index (κ1) is 20.4. The molecule has 1 amide bonds. The van der Waals surface area contributed by atoms with Gasteiger partial charge in [-0.1, -0.05) is 23.2 Å². The van der Waals surface area contributed by atoms with Crippen LogP contribution in [0.4, 0.5) is 5.69 Å². The summed E-state index contributed by atoms with van der Waals surface area (Å²) in [5.74, 6) is -0.136. The fourth-order valence-electron chi connectivity index (χ4n) is 2.41. The van der Waals surface area contributed by atoms with Gasteiger partial charge in [0.05, 0.1) is 21.9 Å². The highest BCUT2D eigenvalue weighted by Gasteiger charge is 2.08. The second-order valence-corrected chi connectivity index (χ2v) is 6.58. The van der Waals surface area contributed by atoms with Gasteiger partial charge in [0.25, 0.3) is 11.6 Å². The Morgan fingerprint density at radius 3 is 2.66 bits per heavy atom. The molecule has 0 unspecified atom stereocenters. The summed E-state index contributed by atoms with van der Waals surface area (Å²) in [4.78, 5) is 22.2. The van der Waals surface area contributed by atoms with Crippen LogP contribution >= 0.6 is 23.2 Å². The number of nitro groups is 1. The molecule has 1 heterocycles. The standard InChI is InChI=1S/C19H14Cl2N4O4/c20-13-3-8-18(17(21)10-13)29-12-19(26)23-22-11-16-2-1-9-24(16)14-4-6-15(7-5-14)25(27)28/h1-11H,12H2,(H,23,26)/b22-11+. The first-order valence-corrected chi connectivity index (χ1v) is 9.01. The maximum absolute atomic E-state index is 11.9. The van der Waals surface area contributed by atoms with Crippen molar-refractivity contribution in [2.24, 2.45) is 5.10 Å². The van der Waals surface area contributed by atoms with Crippen molar-refractivity contribution in [2.45, 2.75) is 0 Å². The lowest BCUT2D eigenvalue weighted by atomic mass is 10.3. The average molecular weight is 433 g/mol. The van der Waals surface area contributed by atoms with E-state index < -0.39 is 10.8 Å². The molecule has 0 aliphatic rings. The Morgan fingerprint density at radius 2 is 1.97 bits per heavy atom. The number of nitrogens with zero attached hydrogens (tertiary/aromatic N) is 3. The molecule has 3 rings (SSSR count). The molecule has 0 bridgehead atoms. The number of nitrogens with one attached hydrogen (secondary N) is 1. The topological polar surface area (TPSA) is 98.8 Å². The Kier molecular flexibility index (Phi) is 6.48. The number of halogens is 2. The van der Waals surface area contributed by atoms with Crippen molar-refractivity contribution in [3.05, 3.63) is 86.6 Å². The summed E-state index contributed by atoms with van der Waals surface area (Å²) < 4.78 is 7.10. The van der Waals surface area contributed by atoms with Gasteiger partial charge in [-0.3, -0.25) is 14.9 Å². The number of hydrogen-bond acceptors (Lipinski definition) is 5. The van der Waals surface area contributed by atoms with Gasteiger partial charge in [-0.2, -0.15) is 5.10 Å². The van der Waals surface area contributed by atoms with E-state index in [4.69, 9.17) is 27.9 Å². The quantitative estimate of drug-likeness (QED) is 0.343. The molecular weight excluding hydrogens is 419 g/mol. The Hall–Kier alpha value is -3.36. The Bertz CT molecular complexity index is 1060. The maximum Gasteiger partial charge on any atom is 0.277 e. The monoisotopic (exact) mass is 432 g/mol. The van der Waals surface area contributed by atoms with Crippen LogP contribution in [-0.2, 0) is 4.79 Å². The first-order valence-electron chi connectivity index (χ1n) is 8.26. The van der Waals surface area contributed by atoms with E-state index in [0.29, 0.717) is 27.2 Å². The van der Waals surface area contributed by atoms with E-state index in [1.165, 1.54) is 24.4 Å². The van der Waals surface area contributed by atoms with Crippen LogP contribution in [0.25, 0.3) is 5.69 Å². The predicted octanol–water partition coefficient (Wildman–Crippen LogP) is 4.22. The van der Waals surface area contributed by atoms with Crippen LogP contribution in [-0.4, -0.2) is 28.2 Å². The van der Waals surface area contributed by atoms with Gasteiger partial charge >= 0.3 is 0 Å². The van der Waals surface area contributed by atoms with E-state index in [0.717, 1.165) is 0 Å². The summed E-state index contributed by atoms with van der Waals surface area (Å²) in [6.07, 6.45) is 3.23. The van der Waals surface area contributed by atoms with Crippen molar-refractivity contribution in [3.8, 4) is 11.4 Å². The lowest BCUT2D eigenvalue weighted by Crippen LogP contribution is -2.24. The fourth-order valence-corrected chi connectivity index (χ4v) is 2.87. The average Bonchev–Trinajstić information content (AvgIpc) is 3.16. The molecule has 0 atom stereocenters. The van der Waals surface area contributed by atoms with Crippen molar-refractivity contribution in [3.63, 3.8) is 0 Å². The largest absolute Gasteiger partial charge is 0.482 e. The number of ether oxygens (including phenoxy) is 1. The zero-order chi connectivity index (χ0) is 20.8. The number of non-ortho nitro benzene ring substituents is 1. The number of amides is 1. The zero-order valence-corrected chi connectivity index (χ0v) is 16.3. The van der Waals surface area contributed by atoms with Gasteiger partial charge in [0.2, 0.25) is 0 Å². The third-order valence-corrected chi connectivity index (χ3v) is 4.29. The van der Waals surface area contributed by atoms with E-state index in [-0.39, 0.29) is 12.3 Å². The minimum atomic E-state index is -0.472. The van der Waals surface area contributed by atoms with Crippen LogP contribution in [0.1, 0.15) is 5.69 Å². The molecule has 10 heteroatoms. The number of carbonyl (C=O) groups excluding carboxylic acids is 1. The smallest absolute Gasteiger partial charge is 0.277 e. The van der Waals surface area contributed by atoms with Gasteiger partial charge < -0.3 is 9.30 Å². The van der Waals surface area contributed by atoms with E-state index in [9.17, 15) is 14.9 Å². The molecule has 8 nitrogen and oxygen atoms in total. The van der Waals surface area contributed by atoms with Crippen molar-refractivity contribution in [2.75, 3.05) is 6.61 Å². The van der Waals surface area contributed by atoms with Crippen molar-refractivity contribution >= 4 is 41.0 Å². The second kappa shape index (κ2) is 9.22. The number of carbonyl (C=O) groups is 1. The number of aromatic nitrogens is 1. The maximum atomic E-state index is 11.9. The van der Waals surface area contributed by atoms with E-state index in [1.807, 2.05) is 0 Å². The molecule has 0 saturated carbocycles. The van der Waals surface area contributed by atoms with Gasteiger partial charge in [-0.15, -0.1) is 0 Å². The number of benzene rings is 2. The molecule has 148 valence electrons.